The topological polar surface area (TPSA) is 69.7 Å². The first-order valence-electron chi connectivity index (χ1n) is 9.15. The van der Waals surface area contributed by atoms with Crippen molar-refractivity contribution in [2.75, 3.05) is 32.7 Å². The molecule has 1 heterocycles. The SMILES string of the molecule is CC(C)(C)CC(=O)N1CCCN(C(=O)CNC(=O)c2ccccc2)CC1. The molecular formula is C20H29N3O3. The smallest absolute Gasteiger partial charge is 0.251 e. The molecule has 1 aromatic carbocycles. The molecule has 0 unspecified atom stereocenters. The lowest BCUT2D eigenvalue weighted by Crippen LogP contribution is -2.42. The Kier molecular flexibility index (Phi) is 6.77. The minimum atomic E-state index is -0.254. The van der Waals surface area contributed by atoms with Crippen LogP contribution < -0.4 is 5.32 Å². The maximum absolute atomic E-state index is 12.4. The van der Waals surface area contributed by atoms with Crippen LogP contribution in [0.5, 0.6) is 0 Å². The Bertz CT molecular complexity index is 637. The standard InChI is InChI=1S/C20H29N3O3/c1-20(2,3)14-17(24)22-10-7-11-23(13-12-22)18(25)15-21-19(26)16-8-5-4-6-9-16/h4-6,8-9H,7,10-15H2,1-3H3,(H,21,26). The van der Waals surface area contributed by atoms with Gasteiger partial charge in [-0.15, -0.1) is 0 Å². The van der Waals surface area contributed by atoms with E-state index < -0.39 is 0 Å². The van der Waals surface area contributed by atoms with Gasteiger partial charge in [-0.2, -0.15) is 0 Å². The predicted molar refractivity (Wildman–Crippen MR) is 101 cm³/mol. The number of nitrogens with one attached hydrogen (secondary N) is 1. The normalized spacial score (nSPS) is 15.3. The molecule has 6 nitrogen and oxygen atoms in total. The molecule has 3 amide bonds. The zero-order valence-electron chi connectivity index (χ0n) is 16.0. The highest BCUT2D eigenvalue weighted by Gasteiger charge is 2.25. The van der Waals surface area contributed by atoms with Crippen molar-refractivity contribution in [3.8, 4) is 0 Å². The molecule has 1 aliphatic heterocycles. The van der Waals surface area contributed by atoms with Gasteiger partial charge in [0.05, 0.1) is 6.54 Å². The number of nitrogens with zero attached hydrogens (tertiary/aromatic N) is 2. The van der Waals surface area contributed by atoms with E-state index in [4.69, 9.17) is 0 Å². The highest BCUT2D eigenvalue weighted by atomic mass is 16.2. The highest BCUT2D eigenvalue weighted by molar-refractivity contribution is 5.96. The molecule has 1 fully saturated rings. The van der Waals surface area contributed by atoms with E-state index in [2.05, 4.69) is 5.32 Å². The van der Waals surface area contributed by atoms with Crippen molar-refractivity contribution in [2.24, 2.45) is 5.41 Å². The van der Waals surface area contributed by atoms with E-state index >= 15 is 0 Å². The molecular weight excluding hydrogens is 330 g/mol. The van der Waals surface area contributed by atoms with Gasteiger partial charge in [0, 0.05) is 38.2 Å². The summed E-state index contributed by atoms with van der Waals surface area (Å²) in [5.74, 6) is -0.223. The average Bonchev–Trinajstić information content (AvgIpc) is 2.85. The van der Waals surface area contributed by atoms with Crippen LogP contribution >= 0.6 is 0 Å². The number of carbonyl (C=O) groups is 3. The van der Waals surface area contributed by atoms with Crippen LogP contribution in [-0.4, -0.2) is 60.2 Å². The van der Waals surface area contributed by atoms with Gasteiger partial charge in [-0.3, -0.25) is 14.4 Å². The van der Waals surface area contributed by atoms with Gasteiger partial charge in [-0.25, -0.2) is 0 Å². The second-order valence-corrected chi connectivity index (χ2v) is 7.90. The first kappa shape index (κ1) is 19.9. The fourth-order valence-corrected chi connectivity index (χ4v) is 2.94. The molecule has 1 N–H and O–H groups in total. The van der Waals surface area contributed by atoms with Gasteiger partial charge >= 0.3 is 0 Å². The molecule has 6 heteroatoms. The molecule has 0 bridgehead atoms. The third-order valence-corrected chi connectivity index (χ3v) is 4.32. The van der Waals surface area contributed by atoms with Crippen LogP contribution in [-0.2, 0) is 9.59 Å². The summed E-state index contributed by atoms with van der Waals surface area (Å²) >= 11 is 0. The first-order chi connectivity index (χ1) is 12.3. The number of carbonyl (C=O) groups excluding carboxylic acids is 3. The van der Waals surface area contributed by atoms with Crippen LogP contribution in [0.3, 0.4) is 0 Å². The van der Waals surface area contributed by atoms with Gasteiger partial charge in [0.1, 0.15) is 0 Å². The van der Waals surface area contributed by atoms with E-state index in [1.807, 2.05) is 31.7 Å². The minimum absolute atomic E-state index is 0.0241. The Balaban J connectivity index is 1.81. The van der Waals surface area contributed by atoms with E-state index in [1.165, 1.54) is 0 Å². The summed E-state index contributed by atoms with van der Waals surface area (Å²) in [6, 6.07) is 8.84. The highest BCUT2D eigenvalue weighted by Crippen LogP contribution is 2.20. The first-order valence-corrected chi connectivity index (χ1v) is 9.15. The fourth-order valence-electron chi connectivity index (χ4n) is 2.94. The number of rotatable bonds is 4. The van der Waals surface area contributed by atoms with Gasteiger partial charge in [-0.05, 0) is 24.0 Å². The Morgan fingerprint density at radius 2 is 1.50 bits per heavy atom. The van der Waals surface area contributed by atoms with Crippen molar-refractivity contribution in [1.29, 1.82) is 0 Å². The Morgan fingerprint density at radius 3 is 2.08 bits per heavy atom. The lowest BCUT2D eigenvalue weighted by molar-refractivity contribution is -0.134. The van der Waals surface area contributed by atoms with Crippen molar-refractivity contribution >= 4 is 17.7 Å². The molecule has 1 aliphatic rings. The third kappa shape index (κ3) is 6.17. The Hall–Kier alpha value is -2.37. The number of hydrogen-bond donors (Lipinski definition) is 1. The minimum Gasteiger partial charge on any atom is -0.343 e. The monoisotopic (exact) mass is 359 g/mol. The van der Waals surface area contributed by atoms with Crippen molar-refractivity contribution in [3.63, 3.8) is 0 Å². The van der Waals surface area contributed by atoms with E-state index in [0.717, 1.165) is 6.42 Å². The molecule has 0 radical (unpaired) electrons. The van der Waals surface area contributed by atoms with E-state index in [9.17, 15) is 14.4 Å². The summed E-state index contributed by atoms with van der Waals surface area (Å²) < 4.78 is 0. The molecule has 1 saturated heterocycles. The van der Waals surface area contributed by atoms with Crippen LogP contribution in [0.4, 0.5) is 0 Å². The fraction of sp³-hybridized carbons (Fsp3) is 0.550. The second-order valence-electron chi connectivity index (χ2n) is 7.90. The molecule has 0 aliphatic carbocycles. The zero-order valence-corrected chi connectivity index (χ0v) is 16.0. The lowest BCUT2D eigenvalue weighted by atomic mass is 9.91. The van der Waals surface area contributed by atoms with Gasteiger partial charge in [0.25, 0.3) is 5.91 Å². The lowest BCUT2D eigenvalue weighted by Gasteiger charge is -2.25. The summed E-state index contributed by atoms with van der Waals surface area (Å²) in [4.78, 5) is 40.4. The van der Waals surface area contributed by atoms with Crippen LogP contribution in [0.15, 0.2) is 30.3 Å². The van der Waals surface area contributed by atoms with E-state index in [1.54, 1.807) is 29.2 Å². The van der Waals surface area contributed by atoms with Crippen LogP contribution in [0, 0.1) is 5.41 Å². The third-order valence-electron chi connectivity index (χ3n) is 4.32. The largest absolute Gasteiger partial charge is 0.343 e. The summed E-state index contributed by atoms with van der Waals surface area (Å²) in [6.45, 7) is 8.47. The van der Waals surface area contributed by atoms with E-state index in [0.29, 0.717) is 38.2 Å². The van der Waals surface area contributed by atoms with Gasteiger partial charge in [0.2, 0.25) is 11.8 Å². The van der Waals surface area contributed by atoms with Crippen LogP contribution in [0.1, 0.15) is 44.0 Å². The quantitative estimate of drug-likeness (QED) is 0.893. The number of hydrogen-bond acceptors (Lipinski definition) is 3. The Morgan fingerprint density at radius 1 is 0.923 bits per heavy atom. The van der Waals surface area contributed by atoms with Crippen LogP contribution in [0.2, 0.25) is 0 Å². The summed E-state index contributed by atoms with van der Waals surface area (Å²) in [7, 11) is 0. The predicted octanol–water partition coefficient (Wildman–Crippen LogP) is 1.91. The molecule has 26 heavy (non-hydrogen) atoms. The summed E-state index contributed by atoms with van der Waals surface area (Å²) in [5.41, 5.74) is 0.496. The summed E-state index contributed by atoms with van der Waals surface area (Å²) in [5, 5.41) is 2.67. The van der Waals surface area contributed by atoms with Crippen molar-refractivity contribution < 1.29 is 14.4 Å². The van der Waals surface area contributed by atoms with Crippen molar-refractivity contribution in [1.82, 2.24) is 15.1 Å². The number of amides is 3. The Labute approximate surface area is 155 Å². The maximum atomic E-state index is 12.4. The van der Waals surface area contributed by atoms with E-state index in [-0.39, 0.29) is 29.7 Å². The van der Waals surface area contributed by atoms with Gasteiger partial charge in [0.15, 0.2) is 0 Å². The molecule has 0 spiro atoms. The molecule has 2 rings (SSSR count). The van der Waals surface area contributed by atoms with Gasteiger partial charge in [-0.1, -0.05) is 39.0 Å². The maximum Gasteiger partial charge on any atom is 0.251 e. The molecule has 0 atom stereocenters. The second kappa shape index (κ2) is 8.83. The molecule has 142 valence electrons. The van der Waals surface area contributed by atoms with Crippen molar-refractivity contribution in [2.45, 2.75) is 33.6 Å². The number of benzene rings is 1. The molecule has 0 aromatic heterocycles. The van der Waals surface area contributed by atoms with Gasteiger partial charge < -0.3 is 15.1 Å². The van der Waals surface area contributed by atoms with Crippen molar-refractivity contribution in [3.05, 3.63) is 35.9 Å². The molecule has 0 saturated carbocycles. The van der Waals surface area contributed by atoms with Crippen LogP contribution in [0.25, 0.3) is 0 Å². The summed E-state index contributed by atoms with van der Waals surface area (Å²) in [6.07, 6.45) is 1.27. The zero-order chi connectivity index (χ0) is 19.2. The molecule has 1 aromatic rings. The average molecular weight is 359 g/mol.